The molecule has 0 fully saturated rings. The topological polar surface area (TPSA) is 63.3 Å². The van der Waals surface area contributed by atoms with E-state index >= 15 is 0 Å². The van der Waals surface area contributed by atoms with E-state index < -0.39 is 5.78 Å². The van der Waals surface area contributed by atoms with Crippen LogP contribution in [0.5, 0.6) is 0 Å². The van der Waals surface area contributed by atoms with E-state index in [1.54, 1.807) is 0 Å². The van der Waals surface area contributed by atoms with Crippen molar-refractivity contribution in [2.75, 3.05) is 13.3 Å². The van der Waals surface area contributed by atoms with Gasteiger partial charge in [-0.3, -0.25) is 14.5 Å². The van der Waals surface area contributed by atoms with Crippen LogP contribution < -0.4 is 0 Å². The zero-order valence-corrected chi connectivity index (χ0v) is 6.98. The number of hydrogen-bond acceptors (Lipinski definition) is 4. The number of carbonyl (C=O) groups excluding carboxylic acids is 2. The Bertz CT molecular complexity index is 315. The van der Waals surface area contributed by atoms with Crippen LogP contribution in [0.4, 0.5) is 0 Å². The zero-order valence-electron chi connectivity index (χ0n) is 6.98. The standard InChI is InChI=1S/C7H7N3O3/c1-5(11)10-4-13-9-7(10)6(12)3-8-2/h3-4H2,1H3. The highest BCUT2D eigenvalue weighted by molar-refractivity contribution is 6.42. The van der Waals surface area contributed by atoms with E-state index in [-0.39, 0.29) is 25.0 Å². The van der Waals surface area contributed by atoms with Crippen molar-refractivity contribution in [3.05, 3.63) is 11.4 Å². The zero-order chi connectivity index (χ0) is 9.84. The number of ketones is 1. The van der Waals surface area contributed by atoms with Gasteiger partial charge in [-0.15, -0.1) is 0 Å². The van der Waals surface area contributed by atoms with E-state index in [1.165, 1.54) is 6.92 Å². The van der Waals surface area contributed by atoms with Crippen molar-refractivity contribution in [1.82, 2.24) is 4.90 Å². The Morgan fingerprint density at radius 3 is 3.00 bits per heavy atom. The molecule has 0 saturated heterocycles. The van der Waals surface area contributed by atoms with Gasteiger partial charge in [0.05, 0.1) is 0 Å². The summed E-state index contributed by atoms with van der Waals surface area (Å²) < 4.78 is 0. The second-order valence-corrected chi connectivity index (χ2v) is 2.36. The quantitative estimate of drug-likeness (QED) is 0.546. The predicted molar refractivity (Wildman–Crippen MR) is 42.4 cm³/mol. The first-order valence-corrected chi connectivity index (χ1v) is 3.51. The number of rotatable bonds is 2. The molecule has 1 aliphatic rings. The lowest BCUT2D eigenvalue weighted by Gasteiger charge is -2.09. The van der Waals surface area contributed by atoms with Crippen LogP contribution in [0.2, 0.25) is 0 Å². The van der Waals surface area contributed by atoms with Gasteiger partial charge in [-0.2, -0.15) is 0 Å². The van der Waals surface area contributed by atoms with Gasteiger partial charge < -0.3 is 9.68 Å². The van der Waals surface area contributed by atoms with E-state index in [9.17, 15) is 9.59 Å². The summed E-state index contributed by atoms with van der Waals surface area (Å²) >= 11 is 0. The van der Waals surface area contributed by atoms with Crippen molar-refractivity contribution < 1.29 is 14.4 Å². The summed E-state index contributed by atoms with van der Waals surface area (Å²) in [4.78, 5) is 30.6. The summed E-state index contributed by atoms with van der Waals surface area (Å²) in [5.41, 5.74) is 0. The minimum Gasteiger partial charge on any atom is -0.371 e. The summed E-state index contributed by atoms with van der Waals surface area (Å²) in [5.74, 6) is -0.902. The van der Waals surface area contributed by atoms with Gasteiger partial charge in [0.25, 0.3) is 12.3 Å². The first-order chi connectivity index (χ1) is 6.16. The van der Waals surface area contributed by atoms with Gasteiger partial charge in [-0.05, 0) is 0 Å². The molecule has 0 saturated carbocycles. The average Bonchev–Trinajstić information content (AvgIpc) is 2.52. The van der Waals surface area contributed by atoms with Crippen LogP contribution in [0.25, 0.3) is 4.85 Å². The number of Topliss-reactive ketones (excluding diaryl/α,β-unsaturated/α-hetero) is 1. The molecule has 1 rings (SSSR count). The van der Waals surface area contributed by atoms with E-state index in [2.05, 4.69) is 14.8 Å². The molecule has 0 radical (unpaired) electrons. The van der Waals surface area contributed by atoms with Crippen molar-refractivity contribution in [2.24, 2.45) is 5.16 Å². The molecule has 0 bridgehead atoms. The van der Waals surface area contributed by atoms with Crippen molar-refractivity contribution in [1.29, 1.82) is 0 Å². The van der Waals surface area contributed by atoms with Crippen molar-refractivity contribution in [3.63, 3.8) is 0 Å². The molecule has 0 aromatic heterocycles. The summed E-state index contributed by atoms with van der Waals surface area (Å²) in [5, 5.41) is 3.39. The number of amidine groups is 1. The third kappa shape index (κ3) is 1.82. The van der Waals surface area contributed by atoms with Crippen molar-refractivity contribution in [3.8, 4) is 0 Å². The summed E-state index contributed by atoms with van der Waals surface area (Å²) in [7, 11) is 0. The lowest BCUT2D eigenvalue weighted by atomic mass is 10.3. The lowest BCUT2D eigenvalue weighted by Crippen LogP contribution is -2.37. The van der Waals surface area contributed by atoms with Gasteiger partial charge in [0.2, 0.25) is 11.7 Å². The third-order valence-corrected chi connectivity index (χ3v) is 1.45. The number of amides is 1. The van der Waals surface area contributed by atoms with Crippen LogP contribution in [0, 0.1) is 6.57 Å². The van der Waals surface area contributed by atoms with E-state index in [4.69, 9.17) is 6.57 Å². The molecular weight excluding hydrogens is 174 g/mol. The molecule has 6 heteroatoms. The highest BCUT2D eigenvalue weighted by Crippen LogP contribution is 2.04. The number of oxime groups is 1. The van der Waals surface area contributed by atoms with E-state index in [0.717, 1.165) is 4.90 Å². The molecule has 0 unspecified atom stereocenters. The van der Waals surface area contributed by atoms with Gasteiger partial charge in [0.15, 0.2) is 6.73 Å². The first kappa shape index (κ1) is 9.19. The van der Waals surface area contributed by atoms with Crippen LogP contribution >= 0.6 is 0 Å². The lowest BCUT2D eigenvalue weighted by molar-refractivity contribution is -0.128. The fourth-order valence-corrected chi connectivity index (χ4v) is 0.842. The second-order valence-electron chi connectivity index (χ2n) is 2.36. The normalized spacial score (nSPS) is 14.5. The fourth-order valence-electron chi connectivity index (χ4n) is 0.842. The minimum atomic E-state index is -0.497. The van der Waals surface area contributed by atoms with Crippen molar-refractivity contribution >= 4 is 17.5 Å². The van der Waals surface area contributed by atoms with E-state index in [1.807, 2.05) is 0 Å². The summed E-state index contributed by atoms with van der Waals surface area (Å²) in [6, 6.07) is 0. The van der Waals surface area contributed by atoms with Crippen LogP contribution in [-0.4, -0.2) is 35.7 Å². The molecule has 1 amide bonds. The SMILES string of the molecule is [C-]#[N+]CC(=O)C1=NOCN1C(C)=O. The first-order valence-electron chi connectivity index (χ1n) is 3.51. The molecular formula is C7H7N3O3. The molecule has 0 atom stereocenters. The van der Waals surface area contributed by atoms with Crippen LogP contribution in [0.15, 0.2) is 5.16 Å². The molecule has 1 aliphatic heterocycles. The Morgan fingerprint density at radius 2 is 2.46 bits per heavy atom. The third-order valence-electron chi connectivity index (χ3n) is 1.45. The largest absolute Gasteiger partial charge is 0.371 e. The summed E-state index contributed by atoms with van der Waals surface area (Å²) in [6.07, 6.45) is 0. The second kappa shape index (κ2) is 3.67. The summed E-state index contributed by atoms with van der Waals surface area (Å²) in [6.45, 7) is 7.42. The average molecular weight is 181 g/mol. The molecule has 0 aromatic carbocycles. The molecule has 0 aliphatic carbocycles. The van der Waals surface area contributed by atoms with Crippen LogP contribution in [0.3, 0.4) is 0 Å². The van der Waals surface area contributed by atoms with Crippen LogP contribution in [-0.2, 0) is 14.4 Å². The molecule has 0 spiro atoms. The predicted octanol–water partition coefficient (Wildman–Crippen LogP) is -0.376. The molecule has 0 N–H and O–H groups in total. The smallest absolute Gasteiger partial charge is 0.280 e. The minimum absolute atomic E-state index is 0.0472. The number of hydrogen-bond donors (Lipinski definition) is 0. The highest BCUT2D eigenvalue weighted by atomic mass is 16.7. The molecule has 1 heterocycles. The van der Waals surface area contributed by atoms with E-state index in [0.29, 0.717) is 0 Å². The van der Waals surface area contributed by atoms with Crippen LogP contribution in [0.1, 0.15) is 6.92 Å². The Morgan fingerprint density at radius 1 is 1.77 bits per heavy atom. The monoisotopic (exact) mass is 181 g/mol. The molecule has 13 heavy (non-hydrogen) atoms. The molecule has 6 nitrogen and oxygen atoms in total. The Kier molecular flexibility index (Phi) is 2.59. The maximum Gasteiger partial charge on any atom is 0.280 e. The van der Waals surface area contributed by atoms with Gasteiger partial charge in [0.1, 0.15) is 0 Å². The molecule has 68 valence electrons. The fraction of sp³-hybridized carbons (Fsp3) is 0.429. The Balaban J connectivity index is 2.75. The highest BCUT2D eigenvalue weighted by Gasteiger charge is 2.29. The van der Waals surface area contributed by atoms with Gasteiger partial charge in [0, 0.05) is 6.92 Å². The molecule has 0 aromatic rings. The Hall–Kier alpha value is -1.90. The Labute approximate surface area is 74.6 Å². The van der Waals surface area contributed by atoms with Crippen molar-refractivity contribution in [2.45, 2.75) is 6.92 Å². The maximum atomic E-state index is 11.1. The van der Waals surface area contributed by atoms with Gasteiger partial charge in [-0.25, -0.2) is 6.57 Å². The van der Waals surface area contributed by atoms with Gasteiger partial charge in [-0.1, -0.05) is 5.16 Å². The number of nitrogens with zero attached hydrogens (tertiary/aromatic N) is 3. The number of carbonyl (C=O) groups is 2. The van der Waals surface area contributed by atoms with Gasteiger partial charge >= 0.3 is 0 Å². The maximum absolute atomic E-state index is 11.1.